The van der Waals surface area contributed by atoms with Crippen LogP contribution in [-0.2, 0) is 0 Å². The first-order chi connectivity index (χ1) is 15.4. The second kappa shape index (κ2) is 13.8. The van der Waals surface area contributed by atoms with E-state index >= 15 is 0 Å². The minimum absolute atomic E-state index is 1.15. The van der Waals surface area contributed by atoms with Crippen LogP contribution in [0, 0.1) is 0 Å². The van der Waals surface area contributed by atoms with Crippen molar-refractivity contribution in [1.29, 1.82) is 0 Å². The maximum Gasteiger partial charge on any atom is 0.00313 e. The lowest BCUT2D eigenvalue weighted by Crippen LogP contribution is -2.26. The highest BCUT2D eigenvalue weighted by atomic mass is 79.9. The summed E-state index contributed by atoms with van der Waals surface area (Å²) >= 11 is 3.53. The Morgan fingerprint density at radius 3 is 1.23 bits per heavy atom. The van der Waals surface area contributed by atoms with Crippen molar-refractivity contribution in [3.8, 4) is 0 Å². The number of rotatable bonds is 13. The second-order valence-corrected chi connectivity index (χ2v) is 12.4. The zero-order valence-electron chi connectivity index (χ0n) is 18.6. The molecule has 0 amide bonds. The quantitative estimate of drug-likeness (QED) is 0.130. The summed E-state index contributed by atoms with van der Waals surface area (Å²) < 4.78 is 0. The molecule has 0 spiro atoms. The molecule has 31 heavy (non-hydrogen) atoms. The Labute approximate surface area is 198 Å². The average molecular weight is 495 g/mol. The first kappa shape index (κ1) is 24.1. The SMILES string of the molecule is BrCCCCCCCCCCC=P(c1ccccc1)(c1ccccc1)c1ccccc1. The topological polar surface area (TPSA) is 0 Å². The molecule has 0 N–H and O–H groups in total. The molecule has 0 saturated carbocycles. The third-order valence-electron chi connectivity index (χ3n) is 5.98. The molecule has 0 aliphatic carbocycles. The summed E-state index contributed by atoms with van der Waals surface area (Å²) in [5, 5.41) is 5.52. The van der Waals surface area contributed by atoms with E-state index < -0.39 is 6.89 Å². The molecule has 0 aromatic heterocycles. The monoisotopic (exact) mass is 494 g/mol. The van der Waals surface area contributed by atoms with Gasteiger partial charge in [-0.05, 0) is 42.1 Å². The Kier molecular flexibility index (Phi) is 10.7. The maximum atomic E-state index is 3.53. The van der Waals surface area contributed by atoms with E-state index in [1.807, 2.05) is 0 Å². The first-order valence-electron chi connectivity index (χ1n) is 11.8. The van der Waals surface area contributed by atoms with Gasteiger partial charge in [0.05, 0.1) is 0 Å². The van der Waals surface area contributed by atoms with Crippen LogP contribution < -0.4 is 15.9 Å². The van der Waals surface area contributed by atoms with E-state index in [4.69, 9.17) is 0 Å². The lowest BCUT2D eigenvalue weighted by Gasteiger charge is -2.29. The molecular weight excluding hydrogens is 459 g/mol. The van der Waals surface area contributed by atoms with Crippen LogP contribution in [0.25, 0.3) is 0 Å². The van der Waals surface area contributed by atoms with Gasteiger partial charge in [0.2, 0.25) is 0 Å². The van der Waals surface area contributed by atoms with Gasteiger partial charge in [0.15, 0.2) is 0 Å². The van der Waals surface area contributed by atoms with Gasteiger partial charge < -0.3 is 0 Å². The zero-order chi connectivity index (χ0) is 21.6. The van der Waals surface area contributed by atoms with Gasteiger partial charge in [-0.25, -0.2) is 0 Å². The van der Waals surface area contributed by atoms with Gasteiger partial charge in [-0.1, -0.05) is 151 Å². The first-order valence-corrected chi connectivity index (χ1v) is 14.8. The normalized spacial score (nSPS) is 11.4. The van der Waals surface area contributed by atoms with Gasteiger partial charge >= 0.3 is 0 Å². The smallest absolute Gasteiger partial charge is 0.00313 e. The zero-order valence-corrected chi connectivity index (χ0v) is 21.1. The van der Waals surface area contributed by atoms with Crippen molar-refractivity contribution in [1.82, 2.24) is 0 Å². The highest BCUT2D eigenvalue weighted by molar-refractivity contribution is 9.09. The highest BCUT2D eigenvalue weighted by Gasteiger charge is 2.24. The van der Waals surface area contributed by atoms with Crippen molar-refractivity contribution in [3.05, 3.63) is 91.0 Å². The summed E-state index contributed by atoms with van der Waals surface area (Å²) in [6, 6.07) is 33.5. The molecule has 0 nitrogen and oxygen atoms in total. The third-order valence-corrected chi connectivity index (χ3v) is 10.7. The summed E-state index contributed by atoms with van der Waals surface area (Å²) in [5.41, 5.74) is 0. The van der Waals surface area contributed by atoms with Crippen LogP contribution >= 0.6 is 22.8 Å². The van der Waals surface area contributed by atoms with Crippen LogP contribution in [0.15, 0.2) is 91.0 Å². The van der Waals surface area contributed by atoms with Gasteiger partial charge in [0, 0.05) is 5.33 Å². The van der Waals surface area contributed by atoms with Crippen molar-refractivity contribution in [2.75, 3.05) is 5.33 Å². The molecule has 3 aromatic carbocycles. The maximum absolute atomic E-state index is 3.53. The Morgan fingerprint density at radius 2 is 0.839 bits per heavy atom. The number of alkyl halides is 1. The van der Waals surface area contributed by atoms with Crippen LogP contribution in [0.4, 0.5) is 0 Å². The summed E-state index contributed by atoms with van der Waals surface area (Å²) in [4.78, 5) is 0. The second-order valence-electron chi connectivity index (χ2n) is 8.22. The predicted molar refractivity (Wildman–Crippen MR) is 147 cm³/mol. The standard InChI is InChI=1S/C29H36BrP/c30-25-17-6-4-2-1-3-5-7-18-26-31(27-19-11-8-12-20-27,28-21-13-9-14-22-28)29-23-15-10-16-24-29/h8-16,19-24,26H,1-7,17-18,25H2. The molecule has 0 aliphatic rings. The Balaban J connectivity index is 1.78. The lowest BCUT2D eigenvalue weighted by molar-refractivity contribution is 0.582. The molecule has 2 heteroatoms. The Bertz CT molecular complexity index is 800. The molecule has 0 atom stereocenters. The van der Waals surface area contributed by atoms with Crippen LogP contribution in [0.1, 0.15) is 57.8 Å². The molecule has 0 bridgehead atoms. The van der Waals surface area contributed by atoms with E-state index in [-0.39, 0.29) is 0 Å². The fourth-order valence-electron chi connectivity index (χ4n) is 4.34. The minimum Gasteiger partial charge on any atom is -0.0928 e. The summed E-state index contributed by atoms with van der Waals surface area (Å²) in [6.45, 7) is -1.76. The van der Waals surface area contributed by atoms with Crippen molar-refractivity contribution in [3.63, 3.8) is 0 Å². The van der Waals surface area contributed by atoms with Crippen LogP contribution in [0.3, 0.4) is 0 Å². The molecule has 164 valence electrons. The number of hydrogen-bond acceptors (Lipinski definition) is 0. The van der Waals surface area contributed by atoms with Gasteiger partial charge in [0.1, 0.15) is 0 Å². The molecule has 0 fully saturated rings. The fourth-order valence-corrected chi connectivity index (χ4v) is 8.76. The van der Waals surface area contributed by atoms with Crippen LogP contribution in [0.2, 0.25) is 0 Å². The predicted octanol–water partition coefficient (Wildman–Crippen LogP) is 7.69. The minimum atomic E-state index is -1.76. The van der Waals surface area contributed by atoms with Crippen molar-refractivity contribution < 1.29 is 0 Å². The molecule has 0 aliphatic heterocycles. The molecule has 3 rings (SSSR count). The molecule has 0 heterocycles. The average Bonchev–Trinajstić information content (AvgIpc) is 2.84. The largest absolute Gasteiger partial charge is 0.0928 e. The van der Waals surface area contributed by atoms with E-state index in [0.717, 1.165) is 5.33 Å². The highest BCUT2D eigenvalue weighted by Crippen LogP contribution is 2.44. The summed E-state index contributed by atoms with van der Waals surface area (Å²) in [5.74, 6) is 2.68. The van der Waals surface area contributed by atoms with E-state index in [1.165, 1.54) is 73.7 Å². The third kappa shape index (κ3) is 6.96. The molecular formula is C29H36BrP. The van der Waals surface area contributed by atoms with Gasteiger partial charge in [-0.3, -0.25) is 0 Å². The molecule has 0 saturated heterocycles. The van der Waals surface area contributed by atoms with Crippen molar-refractivity contribution in [2.45, 2.75) is 57.8 Å². The van der Waals surface area contributed by atoms with E-state index in [0.29, 0.717) is 0 Å². The number of unbranched alkanes of at least 4 members (excludes halogenated alkanes) is 8. The van der Waals surface area contributed by atoms with Crippen molar-refractivity contribution >= 4 is 44.5 Å². The van der Waals surface area contributed by atoms with E-state index in [1.54, 1.807) is 0 Å². The van der Waals surface area contributed by atoms with Crippen LogP contribution in [-0.4, -0.2) is 11.1 Å². The van der Waals surface area contributed by atoms with E-state index in [9.17, 15) is 0 Å². The Morgan fingerprint density at radius 1 is 0.484 bits per heavy atom. The van der Waals surface area contributed by atoms with E-state index in [2.05, 4.69) is 113 Å². The molecule has 0 radical (unpaired) electrons. The lowest BCUT2D eigenvalue weighted by atomic mass is 10.1. The number of halogens is 1. The van der Waals surface area contributed by atoms with Crippen LogP contribution in [0.5, 0.6) is 0 Å². The van der Waals surface area contributed by atoms with Gasteiger partial charge in [-0.15, -0.1) is 0 Å². The molecule has 0 unspecified atom stereocenters. The number of benzene rings is 3. The van der Waals surface area contributed by atoms with Crippen molar-refractivity contribution in [2.24, 2.45) is 0 Å². The Hall–Kier alpha value is -1.56. The molecule has 3 aromatic rings. The van der Waals surface area contributed by atoms with Gasteiger partial charge in [-0.2, -0.15) is 0 Å². The summed E-state index contributed by atoms with van der Waals surface area (Å²) in [6.07, 6.45) is 12.0. The van der Waals surface area contributed by atoms with Gasteiger partial charge in [0.25, 0.3) is 0 Å². The number of hydrogen-bond donors (Lipinski definition) is 0. The summed E-state index contributed by atoms with van der Waals surface area (Å²) in [7, 11) is 0. The fraction of sp³-hybridized carbons (Fsp3) is 0.345.